The van der Waals surface area contributed by atoms with E-state index in [0.29, 0.717) is 24.9 Å². The van der Waals surface area contributed by atoms with Gasteiger partial charge < -0.3 is 22.5 Å². The molecule has 0 spiro atoms. The van der Waals surface area contributed by atoms with Crippen LogP contribution in [0.4, 0.5) is 0 Å². The van der Waals surface area contributed by atoms with Crippen molar-refractivity contribution in [3.63, 3.8) is 0 Å². The van der Waals surface area contributed by atoms with Crippen LogP contribution in [0.1, 0.15) is 53.0 Å². The largest absolute Gasteiger partial charge is 0.370 e. The standard InChI is InChI=1S/C29H37N7O3S/c1-18-8-6-9-19(16-18)17-20(30)27(38)36(28(39)22-11-4-5-14-33-22)23(12-7-15-34-29(31)32)25(37)26-35-21-10-2-3-13-24(21)40-26/h2-3,6,8-10,13,16,20,22-23,33H,4-5,7,11-12,14-15,17,30H2,1H3,(H4,31,32,34)/t20-,22+,23+/m1/s1. The Morgan fingerprint density at radius 2 is 1.95 bits per heavy atom. The first-order valence-corrected chi connectivity index (χ1v) is 14.4. The summed E-state index contributed by atoms with van der Waals surface area (Å²) in [5.74, 6) is -1.48. The number of para-hydroxylation sites is 1. The molecule has 40 heavy (non-hydrogen) atoms. The zero-order valence-electron chi connectivity index (χ0n) is 22.7. The number of carbonyl (C=O) groups is 3. The highest BCUT2D eigenvalue weighted by atomic mass is 32.1. The van der Waals surface area contributed by atoms with Gasteiger partial charge in [-0.2, -0.15) is 0 Å². The van der Waals surface area contributed by atoms with Crippen molar-refractivity contribution in [3.8, 4) is 0 Å². The number of piperidine rings is 1. The number of imide groups is 1. The van der Waals surface area contributed by atoms with Crippen molar-refractivity contribution in [3.05, 3.63) is 64.7 Å². The lowest BCUT2D eigenvalue weighted by Crippen LogP contribution is -2.59. The van der Waals surface area contributed by atoms with E-state index in [0.717, 1.165) is 33.6 Å². The molecule has 1 saturated heterocycles. The molecule has 2 aromatic carbocycles. The number of thiazole rings is 1. The maximum Gasteiger partial charge on any atom is 0.247 e. The molecule has 212 valence electrons. The van der Waals surface area contributed by atoms with E-state index in [-0.39, 0.29) is 30.4 Å². The zero-order chi connectivity index (χ0) is 28.6. The number of benzene rings is 2. The fourth-order valence-electron chi connectivity index (χ4n) is 5.00. The smallest absolute Gasteiger partial charge is 0.247 e. The molecule has 2 amide bonds. The van der Waals surface area contributed by atoms with E-state index in [1.807, 2.05) is 55.5 Å². The molecule has 1 aliphatic heterocycles. The van der Waals surface area contributed by atoms with Crippen molar-refractivity contribution >= 4 is 45.1 Å². The van der Waals surface area contributed by atoms with Crippen LogP contribution in [0.5, 0.6) is 0 Å². The third-order valence-electron chi connectivity index (χ3n) is 6.99. The minimum Gasteiger partial charge on any atom is -0.370 e. The molecule has 0 bridgehead atoms. The van der Waals surface area contributed by atoms with Crippen molar-refractivity contribution < 1.29 is 14.4 Å². The molecule has 4 rings (SSSR count). The van der Waals surface area contributed by atoms with Gasteiger partial charge in [0.25, 0.3) is 0 Å². The quantitative estimate of drug-likeness (QED) is 0.119. The molecule has 1 aliphatic rings. The molecule has 0 aliphatic carbocycles. The van der Waals surface area contributed by atoms with Gasteiger partial charge in [0.2, 0.25) is 17.6 Å². The minimum atomic E-state index is -1.10. The number of hydrogen-bond acceptors (Lipinski definition) is 8. The Morgan fingerprint density at radius 3 is 2.65 bits per heavy atom. The second-order valence-electron chi connectivity index (χ2n) is 10.2. The monoisotopic (exact) mass is 563 g/mol. The van der Waals surface area contributed by atoms with Gasteiger partial charge in [-0.3, -0.25) is 24.3 Å². The van der Waals surface area contributed by atoms with E-state index >= 15 is 0 Å². The number of rotatable bonds is 11. The van der Waals surface area contributed by atoms with Crippen molar-refractivity contribution in [1.29, 1.82) is 0 Å². The molecular weight excluding hydrogens is 526 g/mol. The number of fused-ring (bicyclic) bond motifs is 1. The summed E-state index contributed by atoms with van der Waals surface area (Å²) in [4.78, 5) is 51.7. The summed E-state index contributed by atoms with van der Waals surface area (Å²) in [6.07, 6.45) is 3.15. The number of aromatic nitrogens is 1. The van der Waals surface area contributed by atoms with Crippen LogP contribution in [0.3, 0.4) is 0 Å². The Bertz CT molecular complexity index is 1350. The number of Topliss-reactive ketones (excluding diaryl/α,β-unsaturated/α-hetero) is 1. The lowest BCUT2D eigenvalue weighted by molar-refractivity contribution is -0.149. The summed E-state index contributed by atoms with van der Waals surface area (Å²) in [7, 11) is 0. The first-order chi connectivity index (χ1) is 19.2. The number of aryl methyl sites for hydroxylation is 1. The molecule has 1 aromatic heterocycles. The molecule has 11 heteroatoms. The number of hydrogen-bond donors (Lipinski definition) is 4. The predicted molar refractivity (Wildman–Crippen MR) is 158 cm³/mol. The van der Waals surface area contributed by atoms with E-state index in [1.54, 1.807) is 0 Å². The van der Waals surface area contributed by atoms with Crippen molar-refractivity contribution in [2.45, 2.75) is 63.6 Å². The van der Waals surface area contributed by atoms with Gasteiger partial charge in [-0.1, -0.05) is 48.4 Å². The summed E-state index contributed by atoms with van der Waals surface area (Å²) < 4.78 is 0.847. The lowest BCUT2D eigenvalue weighted by Gasteiger charge is -2.35. The van der Waals surface area contributed by atoms with E-state index in [9.17, 15) is 14.4 Å². The normalized spacial score (nSPS) is 16.7. The number of carbonyl (C=O) groups excluding carboxylic acids is 3. The fourth-order valence-corrected chi connectivity index (χ4v) is 5.95. The number of nitrogens with one attached hydrogen (secondary N) is 1. The summed E-state index contributed by atoms with van der Waals surface area (Å²) >= 11 is 1.24. The van der Waals surface area contributed by atoms with Gasteiger partial charge in [-0.05, 0) is 63.3 Å². The van der Waals surface area contributed by atoms with Gasteiger partial charge in [0.15, 0.2) is 11.0 Å². The number of amides is 2. The Hall–Kier alpha value is -3.67. The molecule has 0 radical (unpaired) electrons. The zero-order valence-corrected chi connectivity index (χ0v) is 23.5. The molecule has 0 unspecified atom stereocenters. The summed E-state index contributed by atoms with van der Waals surface area (Å²) in [5, 5.41) is 3.46. The molecule has 3 atom stereocenters. The topological polar surface area (TPSA) is 170 Å². The summed E-state index contributed by atoms with van der Waals surface area (Å²) in [6, 6.07) is 12.5. The predicted octanol–water partition coefficient (Wildman–Crippen LogP) is 2.28. The van der Waals surface area contributed by atoms with Gasteiger partial charge >= 0.3 is 0 Å². The van der Waals surface area contributed by atoms with Crippen molar-refractivity contribution in [1.82, 2.24) is 15.2 Å². The average molecular weight is 564 g/mol. The van der Waals surface area contributed by atoms with Crippen LogP contribution < -0.4 is 22.5 Å². The molecule has 7 N–H and O–H groups in total. The first kappa shape index (κ1) is 29.3. The van der Waals surface area contributed by atoms with E-state index in [1.165, 1.54) is 11.3 Å². The maximum absolute atomic E-state index is 14.1. The highest BCUT2D eigenvalue weighted by Crippen LogP contribution is 2.26. The van der Waals surface area contributed by atoms with Crippen LogP contribution in [-0.4, -0.2) is 64.7 Å². The third kappa shape index (κ3) is 7.29. The lowest BCUT2D eigenvalue weighted by atomic mass is 9.97. The number of ketones is 1. The van der Waals surface area contributed by atoms with Gasteiger partial charge in [0.1, 0.15) is 6.04 Å². The van der Waals surface area contributed by atoms with Crippen LogP contribution in [-0.2, 0) is 16.0 Å². The third-order valence-corrected chi connectivity index (χ3v) is 8.04. The second-order valence-corrected chi connectivity index (χ2v) is 11.2. The highest BCUT2D eigenvalue weighted by Gasteiger charge is 2.41. The number of aliphatic imine (C=N–C) groups is 1. The van der Waals surface area contributed by atoms with Crippen molar-refractivity contribution in [2.75, 3.05) is 13.1 Å². The first-order valence-electron chi connectivity index (χ1n) is 13.6. The summed E-state index contributed by atoms with van der Waals surface area (Å²) in [5.41, 5.74) is 20.0. The Balaban J connectivity index is 1.70. The van der Waals surface area contributed by atoms with Crippen LogP contribution in [0.25, 0.3) is 10.2 Å². The average Bonchev–Trinajstić information content (AvgIpc) is 3.38. The molecular formula is C29H37N7O3S. The summed E-state index contributed by atoms with van der Waals surface area (Å²) in [6.45, 7) is 2.87. The highest BCUT2D eigenvalue weighted by molar-refractivity contribution is 7.20. The molecule has 10 nitrogen and oxygen atoms in total. The van der Waals surface area contributed by atoms with E-state index in [4.69, 9.17) is 17.2 Å². The van der Waals surface area contributed by atoms with E-state index < -0.39 is 35.7 Å². The molecule has 2 heterocycles. The Morgan fingerprint density at radius 1 is 1.15 bits per heavy atom. The van der Waals surface area contributed by atoms with Crippen LogP contribution in [0.15, 0.2) is 53.5 Å². The SMILES string of the molecule is Cc1cccc(C[C@@H](N)C(=O)N(C(=O)[C@@H]2CCCCN2)[C@@H](CCCN=C(N)N)C(=O)c2nc3ccccc3s2)c1. The Labute approximate surface area is 238 Å². The molecule has 3 aromatic rings. The number of guanidine groups is 1. The minimum absolute atomic E-state index is 0.0651. The van der Waals surface area contributed by atoms with Gasteiger partial charge in [0, 0.05) is 6.54 Å². The van der Waals surface area contributed by atoms with Gasteiger partial charge in [-0.15, -0.1) is 11.3 Å². The van der Waals surface area contributed by atoms with Gasteiger partial charge in [0.05, 0.1) is 22.3 Å². The van der Waals surface area contributed by atoms with Gasteiger partial charge in [-0.25, -0.2) is 4.98 Å². The maximum atomic E-state index is 14.1. The van der Waals surface area contributed by atoms with Crippen LogP contribution in [0, 0.1) is 6.92 Å². The second kappa shape index (κ2) is 13.6. The Kier molecular flexibility index (Phi) is 9.97. The fraction of sp³-hybridized carbons (Fsp3) is 0.414. The van der Waals surface area contributed by atoms with E-state index in [2.05, 4.69) is 15.3 Å². The van der Waals surface area contributed by atoms with Crippen molar-refractivity contribution in [2.24, 2.45) is 22.2 Å². The van der Waals surface area contributed by atoms with Crippen LogP contribution in [0.2, 0.25) is 0 Å². The number of nitrogens with zero attached hydrogens (tertiary/aromatic N) is 3. The van der Waals surface area contributed by atoms with Crippen LogP contribution >= 0.6 is 11.3 Å². The number of nitrogens with two attached hydrogens (primary N) is 3. The molecule has 0 saturated carbocycles. The molecule has 1 fully saturated rings.